The van der Waals surface area contributed by atoms with E-state index in [1.54, 1.807) is 11.8 Å². The molecule has 0 radical (unpaired) electrons. The van der Waals surface area contributed by atoms with Gasteiger partial charge in [-0.15, -0.1) is 0 Å². The van der Waals surface area contributed by atoms with Gasteiger partial charge < -0.3 is 4.74 Å². The largest absolute Gasteiger partial charge is 0.494 e. The zero-order chi connectivity index (χ0) is 13.4. The van der Waals surface area contributed by atoms with Crippen LogP contribution in [0.25, 0.3) is 0 Å². The van der Waals surface area contributed by atoms with Gasteiger partial charge in [0.25, 0.3) is 0 Å². The maximum Gasteiger partial charge on any atom is 0.172 e. The summed E-state index contributed by atoms with van der Waals surface area (Å²) in [7, 11) is 0. The summed E-state index contributed by atoms with van der Waals surface area (Å²) in [6, 6.07) is 7.40. The SMILES string of the molecule is CCOc1ccc(C(=O)CSCC(C)CC)cc1. The molecular weight excluding hydrogens is 244 g/mol. The second kappa shape index (κ2) is 8.20. The normalized spacial score (nSPS) is 12.2. The molecule has 0 N–H and O–H groups in total. The van der Waals surface area contributed by atoms with E-state index in [-0.39, 0.29) is 5.78 Å². The molecule has 1 aromatic rings. The Kier molecular flexibility index (Phi) is 6.88. The lowest BCUT2D eigenvalue weighted by molar-refractivity contribution is 0.102. The molecule has 0 fully saturated rings. The molecule has 1 unspecified atom stereocenters. The number of ether oxygens (including phenoxy) is 1. The Morgan fingerprint density at radius 3 is 2.50 bits per heavy atom. The zero-order valence-electron chi connectivity index (χ0n) is 11.4. The summed E-state index contributed by atoms with van der Waals surface area (Å²) in [5.41, 5.74) is 0.773. The van der Waals surface area contributed by atoms with Gasteiger partial charge in [0, 0.05) is 5.56 Å². The molecule has 3 heteroatoms. The third kappa shape index (κ3) is 5.13. The topological polar surface area (TPSA) is 26.3 Å². The molecule has 1 atom stereocenters. The predicted molar refractivity (Wildman–Crippen MR) is 78.7 cm³/mol. The summed E-state index contributed by atoms with van der Waals surface area (Å²) in [4.78, 5) is 11.9. The third-order valence-corrected chi connectivity index (χ3v) is 4.09. The van der Waals surface area contributed by atoms with Crippen molar-refractivity contribution in [2.45, 2.75) is 27.2 Å². The number of benzene rings is 1. The lowest BCUT2D eigenvalue weighted by atomic mass is 10.1. The van der Waals surface area contributed by atoms with Gasteiger partial charge in [0.1, 0.15) is 5.75 Å². The Bertz CT molecular complexity index is 359. The first-order valence-electron chi connectivity index (χ1n) is 6.51. The van der Waals surface area contributed by atoms with Crippen LogP contribution in [0.4, 0.5) is 0 Å². The van der Waals surface area contributed by atoms with Crippen LogP contribution < -0.4 is 4.74 Å². The average Bonchev–Trinajstić information content (AvgIpc) is 2.39. The van der Waals surface area contributed by atoms with Crippen LogP contribution in [-0.4, -0.2) is 23.9 Å². The van der Waals surface area contributed by atoms with Crippen molar-refractivity contribution in [3.05, 3.63) is 29.8 Å². The molecule has 0 aliphatic heterocycles. The van der Waals surface area contributed by atoms with Crippen molar-refractivity contribution >= 4 is 17.5 Å². The standard InChI is InChI=1S/C15H22O2S/c1-4-12(3)10-18-11-15(16)13-6-8-14(9-7-13)17-5-2/h6-9,12H,4-5,10-11H2,1-3H3. The molecule has 0 amide bonds. The molecule has 0 saturated heterocycles. The summed E-state index contributed by atoms with van der Waals surface area (Å²) in [6.45, 7) is 7.00. The van der Waals surface area contributed by atoms with Gasteiger partial charge in [0.05, 0.1) is 12.4 Å². The van der Waals surface area contributed by atoms with Gasteiger partial charge in [-0.1, -0.05) is 20.3 Å². The first-order valence-corrected chi connectivity index (χ1v) is 7.66. The summed E-state index contributed by atoms with van der Waals surface area (Å²) in [6.07, 6.45) is 1.17. The van der Waals surface area contributed by atoms with E-state index in [4.69, 9.17) is 4.74 Å². The molecule has 0 aliphatic rings. The number of Topliss-reactive ketones (excluding diaryl/α,β-unsaturated/α-hetero) is 1. The molecular formula is C15H22O2S. The lowest BCUT2D eigenvalue weighted by Gasteiger charge is -2.07. The van der Waals surface area contributed by atoms with Gasteiger partial charge in [0.2, 0.25) is 0 Å². The average molecular weight is 266 g/mol. The van der Waals surface area contributed by atoms with Gasteiger partial charge in [-0.3, -0.25) is 4.79 Å². The predicted octanol–water partition coefficient (Wildman–Crippen LogP) is 4.05. The first kappa shape index (κ1) is 15.1. The fourth-order valence-corrected chi connectivity index (χ4v) is 2.57. The molecule has 0 saturated carbocycles. The molecule has 0 aromatic heterocycles. The highest BCUT2D eigenvalue weighted by atomic mass is 32.2. The molecule has 100 valence electrons. The minimum Gasteiger partial charge on any atom is -0.494 e. The Morgan fingerprint density at radius 1 is 1.28 bits per heavy atom. The number of carbonyl (C=O) groups excluding carboxylic acids is 1. The molecule has 0 heterocycles. The maximum atomic E-state index is 11.9. The first-order chi connectivity index (χ1) is 8.67. The maximum absolute atomic E-state index is 11.9. The third-order valence-electron chi connectivity index (χ3n) is 2.82. The van der Waals surface area contributed by atoms with E-state index >= 15 is 0 Å². The number of rotatable bonds is 8. The number of carbonyl (C=O) groups is 1. The second-order valence-corrected chi connectivity index (χ2v) is 5.44. The van der Waals surface area contributed by atoms with Gasteiger partial charge in [-0.05, 0) is 42.9 Å². The highest BCUT2D eigenvalue weighted by Gasteiger charge is 2.07. The number of thioether (sulfide) groups is 1. The van der Waals surface area contributed by atoms with Crippen LogP contribution in [0.1, 0.15) is 37.6 Å². The van der Waals surface area contributed by atoms with Crippen molar-refractivity contribution in [1.29, 1.82) is 0 Å². The van der Waals surface area contributed by atoms with E-state index < -0.39 is 0 Å². The molecule has 0 bridgehead atoms. The Labute approximate surface area is 114 Å². The van der Waals surface area contributed by atoms with Crippen LogP contribution in [0.5, 0.6) is 5.75 Å². The van der Waals surface area contributed by atoms with Crippen molar-refractivity contribution < 1.29 is 9.53 Å². The fraction of sp³-hybridized carbons (Fsp3) is 0.533. The second-order valence-electron chi connectivity index (χ2n) is 4.41. The highest BCUT2D eigenvalue weighted by Crippen LogP contribution is 2.16. The Balaban J connectivity index is 2.41. The monoisotopic (exact) mass is 266 g/mol. The Morgan fingerprint density at radius 2 is 1.94 bits per heavy atom. The fourth-order valence-electron chi connectivity index (χ4n) is 1.46. The van der Waals surface area contributed by atoms with Crippen LogP contribution in [-0.2, 0) is 0 Å². The van der Waals surface area contributed by atoms with Crippen molar-refractivity contribution in [3.8, 4) is 5.75 Å². The van der Waals surface area contributed by atoms with Crippen LogP contribution in [0.3, 0.4) is 0 Å². The van der Waals surface area contributed by atoms with E-state index in [1.807, 2.05) is 31.2 Å². The van der Waals surface area contributed by atoms with Crippen molar-refractivity contribution in [2.75, 3.05) is 18.1 Å². The van der Waals surface area contributed by atoms with Crippen molar-refractivity contribution in [1.82, 2.24) is 0 Å². The molecule has 18 heavy (non-hydrogen) atoms. The van der Waals surface area contributed by atoms with Gasteiger partial charge in [-0.2, -0.15) is 11.8 Å². The van der Waals surface area contributed by atoms with Crippen molar-refractivity contribution in [3.63, 3.8) is 0 Å². The molecule has 1 rings (SSSR count). The van der Waals surface area contributed by atoms with Crippen LogP contribution in [0.15, 0.2) is 24.3 Å². The van der Waals surface area contributed by atoms with Gasteiger partial charge >= 0.3 is 0 Å². The van der Waals surface area contributed by atoms with Crippen LogP contribution >= 0.6 is 11.8 Å². The number of hydrogen-bond donors (Lipinski definition) is 0. The summed E-state index contributed by atoms with van der Waals surface area (Å²) >= 11 is 1.72. The summed E-state index contributed by atoms with van der Waals surface area (Å²) in [5, 5.41) is 0. The van der Waals surface area contributed by atoms with E-state index in [2.05, 4.69) is 13.8 Å². The minimum atomic E-state index is 0.200. The van der Waals surface area contributed by atoms with Gasteiger partial charge in [-0.25, -0.2) is 0 Å². The Hall–Kier alpha value is -0.960. The van der Waals surface area contributed by atoms with Gasteiger partial charge in [0.15, 0.2) is 5.78 Å². The number of ketones is 1. The lowest BCUT2D eigenvalue weighted by Crippen LogP contribution is -2.05. The van der Waals surface area contributed by atoms with E-state index in [1.165, 1.54) is 6.42 Å². The highest BCUT2D eigenvalue weighted by molar-refractivity contribution is 7.99. The summed E-state index contributed by atoms with van der Waals surface area (Å²) < 4.78 is 5.35. The minimum absolute atomic E-state index is 0.200. The van der Waals surface area contributed by atoms with E-state index in [0.717, 1.165) is 17.1 Å². The van der Waals surface area contributed by atoms with E-state index in [0.29, 0.717) is 18.3 Å². The quantitative estimate of drug-likeness (QED) is 0.664. The van der Waals surface area contributed by atoms with Crippen LogP contribution in [0, 0.1) is 5.92 Å². The molecule has 0 aliphatic carbocycles. The van der Waals surface area contributed by atoms with Crippen LogP contribution in [0.2, 0.25) is 0 Å². The smallest absolute Gasteiger partial charge is 0.172 e. The van der Waals surface area contributed by atoms with E-state index in [9.17, 15) is 4.79 Å². The zero-order valence-corrected chi connectivity index (χ0v) is 12.3. The molecule has 1 aromatic carbocycles. The molecule has 0 spiro atoms. The summed E-state index contributed by atoms with van der Waals surface area (Å²) in [5.74, 6) is 3.33. The molecule has 2 nitrogen and oxygen atoms in total. The number of hydrogen-bond acceptors (Lipinski definition) is 3. The van der Waals surface area contributed by atoms with Crippen molar-refractivity contribution in [2.24, 2.45) is 5.92 Å².